The van der Waals surface area contributed by atoms with Gasteiger partial charge in [-0.3, -0.25) is 20.2 Å². The molecule has 11 heteroatoms. The number of thioether (sulfide) groups is 1. The van der Waals surface area contributed by atoms with E-state index in [0.29, 0.717) is 4.90 Å². The number of rotatable bonds is 4. The Labute approximate surface area is 149 Å². The van der Waals surface area contributed by atoms with Gasteiger partial charge in [0.1, 0.15) is 6.26 Å². The summed E-state index contributed by atoms with van der Waals surface area (Å²) in [6.07, 6.45) is 3.23. The molecule has 0 radical (unpaired) electrons. The van der Waals surface area contributed by atoms with Crippen molar-refractivity contribution in [2.45, 2.75) is 9.79 Å². The maximum atomic E-state index is 10.9. The van der Waals surface area contributed by atoms with Gasteiger partial charge in [0.2, 0.25) is 0 Å². The Balaban J connectivity index is 0.000000251. The highest BCUT2D eigenvalue weighted by Gasteiger charge is 2.17. The van der Waals surface area contributed by atoms with Crippen LogP contribution >= 0.6 is 11.8 Å². The largest absolute Gasteiger partial charge is 0.612 e. The van der Waals surface area contributed by atoms with Crippen molar-refractivity contribution in [2.24, 2.45) is 0 Å². The van der Waals surface area contributed by atoms with Crippen molar-refractivity contribution in [3.63, 3.8) is 0 Å². The number of nitro benzene ring substituents is 2. The smallest absolute Gasteiger partial charge is 0.315 e. The molecule has 0 bridgehead atoms. The van der Waals surface area contributed by atoms with Crippen LogP contribution in [0.4, 0.5) is 11.4 Å². The zero-order valence-electron chi connectivity index (χ0n) is 13.1. The van der Waals surface area contributed by atoms with E-state index in [2.05, 4.69) is 0 Å². The summed E-state index contributed by atoms with van der Waals surface area (Å²) >= 11 is 0.114. The molecule has 0 aliphatic rings. The number of hydrogen-bond donors (Lipinski definition) is 2. The Morgan fingerprint density at radius 3 is 1.88 bits per heavy atom. The summed E-state index contributed by atoms with van der Waals surface area (Å²) in [4.78, 5) is 20.4. The SMILES string of the molecule is CSc1ccc(O)c([N+](=O)[O-])c1.C[S+]([O-])c1ccc(O)c([N+](=O)[O-])c1. The average Bonchev–Trinajstić information content (AvgIpc) is 2.55. The van der Waals surface area contributed by atoms with Gasteiger partial charge in [-0.15, -0.1) is 11.8 Å². The van der Waals surface area contributed by atoms with Gasteiger partial charge in [-0.05, 0) is 41.7 Å². The third-order valence-electron chi connectivity index (χ3n) is 2.85. The van der Waals surface area contributed by atoms with Crippen LogP contribution in [0.3, 0.4) is 0 Å². The maximum Gasteiger partial charge on any atom is 0.315 e. The summed E-state index contributed by atoms with van der Waals surface area (Å²) in [5, 5.41) is 38.8. The van der Waals surface area contributed by atoms with E-state index in [1.807, 2.05) is 6.26 Å². The van der Waals surface area contributed by atoms with Crippen molar-refractivity contribution in [1.29, 1.82) is 0 Å². The monoisotopic (exact) mass is 386 g/mol. The molecule has 0 aliphatic carbocycles. The molecule has 0 saturated heterocycles. The molecule has 2 N–H and O–H groups in total. The van der Waals surface area contributed by atoms with Gasteiger partial charge < -0.3 is 14.8 Å². The third kappa shape index (κ3) is 5.81. The van der Waals surface area contributed by atoms with E-state index in [1.165, 1.54) is 36.2 Å². The Bertz CT molecular complexity index is 784. The van der Waals surface area contributed by atoms with Crippen LogP contribution in [0.1, 0.15) is 0 Å². The molecule has 0 fully saturated rings. The summed E-state index contributed by atoms with van der Waals surface area (Å²) in [5.74, 6) is -0.711. The number of hydrogen-bond acceptors (Lipinski definition) is 8. The Morgan fingerprint density at radius 1 is 0.960 bits per heavy atom. The van der Waals surface area contributed by atoms with E-state index in [1.54, 1.807) is 6.07 Å². The second-order valence-electron chi connectivity index (χ2n) is 4.47. The van der Waals surface area contributed by atoms with Crippen molar-refractivity contribution in [1.82, 2.24) is 0 Å². The van der Waals surface area contributed by atoms with Gasteiger partial charge >= 0.3 is 11.4 Å². The van der Waals surface area contributed by atoms with Gasteiger partial charge in [0, 0.05) is 11.0 Å². The summed E-state index contributed by atoms with van der Waals surface area (Å²) < 4.78 is 10.9. The number of aromatic hydroxyl groups is 2. The summed E-state index contributed by atoms with van der Waals surface area (Å²) in [6.45, 7) is 0. The lowest BCUT2D eigenvalue weighted by Gasteiger charge is -2.03. The quantitative estimate of drug-likeness (QED) is 0.352. The first-order chi connectivity index (χ1) is 11.7. The Kier molecular flexibility index (Phi) is 7.48. The van der Waals surface area contributed by atoms with Crippen LogP contribution in [0, 0.1) is 20.2 Å². The topological polar surface area (TPSA) is 150 Å². The molecule has 9 nitrogen and oxygen atoms in total. The van der Waals surface area contributed by atoms with Crippen LogP contribution in [-0.4, -0.2) is 37.1 Å². The molecule has 2 rings (SSSR count). The second-order valence-corrected chi connectivity index (χ2v) is 6.73. The standard InChI is InChI=1S/C7H7NO4S.C7H7NO3S/c1-13(12)5-2-3-7(9)6(4-5)8(10)11;1-12-5-2-3-7(9)6(4-5)8(10)11/h2-4,9H,1H3;2-4,9H,1H3. The first kappa shape index (κ1) is 20.5. The van der Waals surface area contributed by atoms with Crippen molar-refractivity contribution in [3.8, 4) is 11.5 Å². The van der Waals surface area contributed by atoms with Crippen LogP contribution in [0.15, 0.2) is 46.2 Å². The summed E-state index contributed by atoms with van der Waals surface area (Å²) in [7, 11) is 0. The van der Waals surface area contributed by atoms with E-state index in [-0.39, 0.29) is 11.4 Å². The molecule has 2 aromatic carbocycles. The van der Waals surface area contributed by atoms with Crippen LogP contribution in [0.25, 0.3) is 0 Å². The van der Waals surface area contributed by atoms with Crippen molar-refractivity contribution in [3.05, 3.63) is 56.6 Å². The molecule has 1 atom stereocenters. The lowest BCUT2D eigenvalue weighted by Crippen LogP contribution is -1.98. The molecule has 2 aromatic rings. The normalized spacial score (nSPS) is 11.2. The minimum absolute atomic E-state index is 0.248. The highest BCUT2D eigenvalue weighted by molar-refractivity contribution is 7.98. The fourth-order valence-corrected chi connectivity index (χ4v) is 2.58. The Morgan fingerprint density at radius 2 is 1.44 bits per heavy atom. The third-order valence-corrected chi connectivity index (χ3v) is 4.50. The lowest BCUT2D eigenvalue weighted by molar-refractivity contribution is -0.386. The van der Waals surface area contributed by atoms with Gasteiger partial charge in [0.05, 0.1) is 15.9 Å². The van der Waals surface area contributed by atoms with E-state index in [4.69, 9.17) is 10.2 Å². The predicted molar refractivity (Wildman–Crippen MR) is 93.6 cm³/mol. The van der Waals surface area contributed by atoms with Gasteiger partial charge in [0.25, 0.3) is 0 Å². The predicted octanol–water partition coefficient (Wildman–Crippen LogP) is 3.06. The summed E-state index contributed by atoms with van der Waals surface area (Å²) in [6, 6.07) is 7.95. The van der Waals surface area contributed by atoms with Gasteiger partial charge in [-0.2, -0.15) is 0 Å². The van der Waals surface area contributed by atoms with E-state index < -0.39 is 32.5 Å². The van der Waals surface area contributed by atoms with Crippen molar-refractivity contribution >= 4 is 34.3 Å². The number of phenols is 2. The van der Waals surface area contributed by atoms with Gasteiger partial charge in [-0.25, -0.2) is 0 Å². The highest BCUT2D eigenvalue weighted by Crippen LogP contribution is 2.29. The maximum absolute atomic E-state index is 10.9. The van der Waals surface area contributed by atoms with Crippen molar-refractivity contribution in [2.75, 3.05) is 12.5 Å². The molecule has 25 heavy (non-hydrogen) atoms. The second kappa shape index (κ2) is 9.11. The fourth-order valence-electron chi connectivity index (χ4n) is 1.60. The molecule has 1 unspecified atom stereocenters. The molecule has 134 valence electrons. The number of phenolic OH excluding ortho intramolecular Hbond substituents is 2. The van der Waals surface area contributed by atoms with Crippen LogP contribution in [0.5, 0.6) is 11.5 Å². The van der Waals surface area contributed by atoms with Crippen LogP contribution in [-0.2, 0) is 11.2 Å². The minimum atomic E-state index is -1.28. The number of benzene rings is 2. The molecule has 0 saturated carbocycles. The molecule has 0 amide bonds. The van der Waals surface area contributed by atoms with E-state index in [9.17, 15) is 24.8 Å². The first-order valence-corrected chi connectivity index (χ1v) is 9.28. The molecule has 0 aromatic heterocycles. The molecule has 0 spiro atoms. The fraction of sp³-hybridized carbons (Fsp3) is 0.143. The molecule has 0 heterocycles. The van der Waals surface area contributed by atoms with Crippen molar-refractivity contribution < 1.29 is 24.6 Å². The summed E-state index contributed by atoms with van der Waals surface area (Å²) in [5.41, 5.74) is -0.672. The minimum Gasteiger partial charge on any atom is -0.612 e. The number of nitro groups is 2. The van der Waals surface area contributed by atoms with Gasteiger partial charge in [-0.1, -0.05) is 0 Å². The molecule has 0 aliphatic heterocycles. The van der Waals surface area contributed by atoms with Crippen LogP contribution < -0.4 is 0 Å². The molecular weight excluding hydrogens is 372 g/mol. The first-order valence-electron chi connectivity index (χ1n) is 6.49. The average molecular weight is 386 g/mol. The zero-order chi connectivity index (χ0) is 19.1. The van der Waals surface area contributed by atoms with E-state index >= 15 is 0 Å². The van der Waals surface area contributed by atoms with E-state index in [0.717, 1.165) is 17.0 Å². The highest BCUT2D eigenvalue weighted by atomic mass is 32.2. The zero-order valence-corrected chi connectivity index (χ0v) is 14.7. The van der Waals surface area contributed by atoms with Crippen LogP contribution in [0.2, 0.25) is 0 Å². The lowest BCUT2D eigenvalue weighted by atomic mass is 10.3. The van der Waals surface area contributed by atoms with Gasteiger partial charge in [0.15, 0.2) is 16.4 Å². The number of nitrogens with zero attached hydrogens (tertiary/aromatic N) is 2. The molecular formula is C14H14N2O7S2. The Hall–Kier alpha value is -2.50.